The molecule has 0 bridgehead atoms. The zero-order chi connectivity index (χ0) is 12.3. The lowest BCUT2D eigenvalue weighted by atomic mass is 9.92. The van der Waals surface area contributed by atoms with Crippen molar-refractivity contribution in [2.45, 2.75) is 26.7 Å². The number of carboxylic acid groups (broad SMARTS) is 1. The van der Waals surface area contributed by atoms with Crippen molar-refractivity contribution < 1.29 is 14.7 Å². The van der Waals surface area contributed by atoms with Crippen LogP contribution in [0.5, 0.6) is 0 Å². The van der Waals surface area contributed by atoms with Crippen molar-refractivity contribution in [1.82, 2.24) is 0 Å². The molecular formula is C12H15NO3. The van der Waals surface area contributed by atoms with Crippen molar-refractivity contribution in [3.63, 3.8) is 0 Å². The lowest BCUT2D eigenvalue weighted by Gasteiger charge is -2.12. The van der Waals surface area contributed by atoms with Crippen LogP contribution in [0.4, 0.5) is 0 Å². The molecule has 0 spiro atoms. The van der Waals surface area contributed by atoms with Gasteiger partial charge in [0.05, 0.1) is 11.1 Å². The van der Waals surface area contributed by atoms with Crippen LogP contribution in [-0.2, 0) is 12.8 Å². The van der Waals surface area contributed by atoms with Gasteiger partial charge in [-0.15, -0.1) is 0 Å². The van der Waals surface area contributed by atoms with E-state index in [1.165, 1.54) is 6.07 Å². The maximum Gasteiger partial charge on any atom is 0.336 e. The summed E-state index contributed by atoms with van der Waals surface area (Å²) >= 11 is 0. The van der Waals surface area contributed by atoms with E-state index >= 15 is 0 Å². The van der Waals surface area contributed by atoms with Gasteiger partial charge in [0.25, 0.3) is 0 Å². The van der Waals surface area contributed by atoms with Gasteiger partial charge < -0.3 is 10.8 Å². The van der Waals surface area contributed by atoms with E-state index in [4.69, 9.17) is 10.8 Å². The average Bonchev–Trinajstić information content (AvgIpc) is 2.26. The summed E-state index contributed by atoms with van der Waals surface area (Å²) in [7, 11) is 0. The third-order valence-electron chi connectivity index (χ3n) is 2.62. The minimum Gasteiger partial charge on any atom is -0.478 e. The maximum absolute atomic E-state index is 11.3. The molecule has 4 heteroatoms. The molecule has 0 saturated carbocycles. The van der Waals surface area contributed by atoms with E-state index in [0.717, 1.165) is 17.5 Å². The summed E-state index contributed by atoms with van der Waals surface area (Å²) in [5, 5.41) is 8.99. The van der Waals surface area contributed by atoms with Crippen LogP contribution in [0.15, 0.2) is 12.1 Å². The van der Waals surface area contributed by atoms with Gasteiger partial charge in [-0.2, -0.15) is 0 Å². The average molecular weight is 221 g/mol. The van der Waals surface area contributed by atoms with Gasteiger partial charge in [0, 0.05) is 0 Å². The zero-order valence-electron chi connectivity index (χ0n) is 9.41. The van der Waals surface area contributed by atoms with E-state index in [1.54, 1.807) is 6.07 Å². The Bertz CT molecular complexity index is 438. The highest BCUT2D eigenvalue weighted by Crippen LogP contribution is 2.20. The molecule has 1 amide bonds. The van der Waals surface area contributed by atoms with E-state index in [0.29, 0.717) is 6.42 Å². The van der Waals surface area contributed by atoms with Crippen molar-refractivity contribution in [2.24, 2.45) is 5.73 Å². The summed E-state index contributed by atoms with van der Waals surface area (Å²) in [6.45, 7) is 3.84. The zero-order valence-corrected chi connectivity index (χ0v) is 9.41. The van der Waals surface area contributed by atoms with E-state index < -0.39 is 11.9 Å². The van der Waals surface area contributed by atoms with Gasteiger partial charge in [-0.05, 0) is 30.0 Å². The fourth-order valence-corrected chi connectivity index (χ4v) is 1.89. The van der Waals surface area contributed by atoms with Crippen LogP contribution in [0, 0.1) is 0 Å². The molecule has 0 aromatic heterocycles. The number of aryl methyl sites for hydroxylation is 1. The second-order valence-corrected chi connectivity index (χ2v) is 3.50. The van der Waals surface area contributed by atoms with Gasteiger partial charge in [-0.25, -0.2) is 4.79 Å². The largest absolute Gasteiger partial charge is 0.478 e. The smallest absolute Gasteiger partial charge is 0.336 e. The molecule has 0 heterocycles. The molecule has 1 rings (SSSR count). The summed E-state index contributed by atoms with van der Waals surface area (Å²) in [5.74, 6) is -1.80. The first-order valence-corrected chi connectivity index (χ1v) is 5.20. The highest BCUT2D eigenvalue weighted by Gasteiger charge is 2.19. The normalized spacial score (nSPS) is 10.1. The topological polar surface area (TPSA) is 80.4 Å². The standard InChI is InChI=1S/C12H15NO3/c1-3-7-5-6-9(12(15)16)10(11(13)14)8(7)4-2/h5-6H,3-4H2,1-2H3,(H2,13,14)(H,15,16). The molecule has 0 aliphatic rings. The first kappa shape index (κ1) is 12.2. The Morgan fingerprint density at radius 3 is 2.25 bits per heavy atom. The number of rotatable bonds is 4. The highest BCUT2D eigenvalue weighted by molar-refractivity contribution is 6.05. The van der Waals surface area contributed by atoms with E-state index in [9.17, 15) is 9.59 Å². The van der Waals surface area contributed by atoms with Gasteiger partial charge in [-0.1, -0.05) is 19.9 Å². The summed E-state index contributed by atoms with van der Waals surface area (Å²) in [4.78, 5) is 22.3. The Hall–Kier alpha value is -1.84. The van der Waals surface area contributed by atoms with E-state index in [2.05, 4.69) is 0 Å². The predicted molar refractivity (Wildman–Crippen MR) is 60.7 cm³/mol. The Kier molecular flexibility index (Phi) is 3.66. The number of carbonyl (C=O) groups is 2. The number of benzene rings is 1. The van der Waals surface area contributed by atoms with Crippen LogP contribution in [0.3, 0.4) is 0 Å². The minimum absolute atomic E-state index is 0.0125. The molecule has 4 nitrogen and oxygen atoms in total. The van der Waals surface area contributed by atoms with Gasteiger partial charge in [0.2, 0.25) is 5.91 Å². The number of carbonyl (C=O) groups excluding carboxylic acids is 1. The first-order valence-electron chi connectivity index (χ1n) is 5.20. The monoisotopic (exact) mass is 221 g/mol. The Morgan fingerprint density at radius 1 is 1.25 bits per heavy atom. The van der Waals surface area contributed by atoms with Crippen molar-refractivity contribution >= 4 is 11.9 Å². The predicted octanol–water partition coefficient (Wildman–Crippen LogP) is 1.61. The molecule has 1 aromatic carbocycles. The molecule has 1 aromatic rings. The Labute approximate surface area is 94.1 Å². The molecule has 0 fully saturated rings. The Morgan fingerprint density at radius 2 is 1.88 bits per heavy atom. The van der Waals surface area contributed by atoms with Crippen LogP contribution in [0.1, 0.15) is 45.7 Å². The Balaban J connectivity index is 3.56. The number of aromatic carboxylic acids is 1. The van der Waals surface area contributed by atoms with Gasteiger partial charge in [0.1, 0.15) is 0 Å². The van der Waals surface area contributed by atoms with E-state index in [1.807, 2.05) is 13.8 Å². The second-order valence-electron chi connectivity index (χ2n) is 3.50. The molecule has 86 valence electrons. The fraction of sp³-hybridized carbons (Fsp3) is 0.333. The van der Waals surface area contributed by atoms with Gasteiger partial charge >= 0.3 is 5.97 Å². The first-order chi connectivity index (χ1) is 7.52. The van der Waals surface area contributed by atoms with Gasteiger partial charge in [-0.3, -0.25) is 4.79 Å². The fourth-order valence-electron chi connectivity index (χ4n) is 1.89. The molecule has 0 aliphatic heterocycles. The SMILES string of the molecule is CCc1ccc(C(=O)O)c(C(N)=O)c1CC. The van der Waals surface area contributed by atoms with Gasteiger partial charge in [0.15, 0.2) is 0 Å². The third kappa shape index (κ3) is 2.05. The van der Waals surface area contributed by atoms with Crippen molar-refractivity contribution in [2.75, 3.05) is 0 Å². The molecule has 16 heavy (non-hydrogen) atoms. The number of nitrogens with two attached hydrogens (primary N) is 1. The molecular weight excluding hydrogens is 206 g/mol. The number of amides is 1. The van der Waals surface area contributed by atoms with Crippen molar-refractivity contribution in [3.05, 3.63) is 34.4 Å². The molecule has 0 saturated heterocycles. The summed E-state index contributed by atoms with van der Waals surface area (Å²) < 4.78 is 0. The van der Waals surface area contributed by atoms with Crippen LogP contribution in [0.25, 0.3) is 0 Å². The van der Waals surface area contributed by atoms with Crippen molar-refractivity contribution in [1.29, 1.82) is 0 Å². The lowest BCUT2D eigenvalue weighted by molar-refractivity contribution is 0.0692. The number of carboxylic acids is 1. The summed E-state index contributed by atoms with van der Waals surface area (Å²) in [6, 6.07) is 3.19. The highest BCUT2D eigenvalue weighted by atomic mass is 16.4. The summed E-state index contributed by atoms with van der Waals surface area (Å²) in [5.41, 5.74) is 7.10. The quantitative estimate of drug-likeness (QED) is 0.810. The lowest BCUT2D eigenvalue weighted by Crippen LogP contribution is -2.20. The number of hydrogen-bond donors (Lipinski definition) is 2. The molecule has 0 radical (unpaired) electrons. The van der Waals surface area contributed by atoms with Crippen LogP contribution < -0.4 is 5.73 Å². The van der Waals surface area contributed by atoms with Crippen LogP contribution in [0.2, 0.25) is 0 Å². The molecule has 0 aliphatic carbocycles. The summed E-state index contributed by atoms with van der Waals surface area (Å²) in [6.07, 6.45) is 1.35. The molecule has 0 atom stereocenters. The number of hydrogen-bond acceptors (Lipinski definition) is 2. The molecule has 3 N–H and O–H groups in total. The molecule has 0 unspecified atom stereocenters. The second kappa shape index (κ2) is 4.79. The van der Waals surface area contributed by atoms with Crippen LogP contribution in [-0.4, -0.2) is 17.0 Å². The van der Waals surface area contributed by atoms with E-state index in [-0.39, 0.29) is 11.1 Å². The van der Waals surface area contributed by atoms with Crippen LogP contribution >= 0.6 is 0 Å². The van der Waals surface area contributed by atoms with Crippen molar-refractivity contribution in [3.8, 4) is 0 Å². The maximum atomic E-state index is 11.3. The third-order valence-corrected chi connectivity index (χ3v) is 2.62. The minimum atomic E-state index is -1.12. The number of primary amides is 1.